The van der Waals surface area contributed by atoms with Gasteiger partial charge in [-0.15, -0.1) is 0 Å². The van der Waals surface area contributed by atoms with E-state index in [2.05, 4.69) is 20.9 Å². The Labute approximate surface area is 126 Å². The predicted octanol–water partition coefficient (Wildman–Crippen LogP) is 3.28. The van der Waals surface area contributed by atoms with E-state index in [9.17, 15) is 14.9 Å². The number of aromatic nitrogens is 2. The number of hydrogen-bond donors (Lipinski definition) is 0. The van der Waals surface area contributed by atoms with Gasteiger partial charge in [-0.05, 0) is 12.8 Å². The summed E-state index contributed by atoms with van der Waals surface area (Å²) in [4.78, 5) is 25.0. The Morgan fingerprint density at radius 3 is 2.35 bits per heavy atom. The second-order valence-electron chi connectivity index (χ2n) is 4.71. The minimum absolute atomic E-state index is 0.139. The lowest BCUT2D eigenvalue weighted by molar-refractivity contribution is -0.385. The maximum absolute atomic E-state index is 11.5. The molecule has 1 rings (SSSR count). The van der Waals surface area contributed by atoms with E-state index in [1.165, 1.54) is 36.4 Å². The SMILES string of the molecule is O=c1ncc([N+](=O)[O-])cn1CCCCCCCCCBr. The smallest absolute Gasteiger partial charge is 0.292 e. The second kappa shape index (κ2) is 9.63. The minimum Gasteiger partial charge on any atom is -0.292 e. The molecular weight excluding hydrogens is 326 g/mol. The maximum atomic E-state index is 11.5. The molecule has 0 aliphatic heterocycles. The number of aryl methyl sites for hydroxylation is 1. The van der Waals surface area contributed by atoms with Gasteiger partial charge >= 0.3 is 11.4 Å². The Kier molecular flexibility index (Phi) is 8.10. The highest BCUT2D eigenvalue weighted by Gasteiger charge is 2.08. The maximum Gasteiger partial charge on any atom is 0.347 e. The molecule has 1 aromatic rings. The zero-order chi connectivity index (χ0) is 14.8. The van der Waals surface area contributed by atoms with Crippen molar-refractivity contribution in [3.8, 4) is 0 Å². The van der Waals surface area contributed by atoms with Gasteiger partial charge in [0.1, 0.15) is 6.20 Å². The average Bonchev–Trinajstić information content (AvgIpc) is 2.43. The Balaban J connectivity index is 2.26. The zero-order valence-electron chi connectivity index (χ0n) is 11.5. The van der Waals surface area contributed by atoms with Crippen LogP contribution in [-0.4, -0.2) is 19.8 Å². The summed E-state index contributed by atoms with van der Waals surface area (Å²) in [6, 6.07) is 0. The highest BCUT2D eigenvalue weighted by atomic mass is 79.9. The van der Waals surface area contributed by atoms with Crippen LogP contribution in [0.1, 0.15) is 44.9 Å². The van der Waals surface area contributed by atoms with Crippen molar-refractivity contribution in [1.29, 1.82) is 0 Å². The first-order valence-electron chi connectivity index (χ1n) is 6.92. The Bertz CT molecular complexity index is 476. The third kappa shape index (κ3) is 6.27. The van der Waals surface area contributed by atoms with E-state index in [4.69, 9.17) is 0 Å². The van der Waals surface area contributed by atoms with E-state index in [0.29, 0.717) is 6.54 Å². The molecular formula is C13H20BrN3O3. The third-order valence-electron chi connectivity index (χ3n) is 3.08. The summed E-state index contributed by atoms with van der Waals surface area (Å²) in [6.07, 6.45) is 10.2. The number of nitro groups is 1. The van der Waals surface area contributed by atoms with Gasteiger partial charge in [0.2, 0.25) is 0 Å². The first kappa shape index (κ1) is 16.8. The molecule has 1 aromatic heterocycles. The van der Waals surface area contributed by atoms with Crippen LogP contribution in [0.5, 0.6) is 0 Å². The van der Waals surface area contributed by atoms with E-state index < -0.39 is 10.6 Å². The van der Waals surface area contributed by atoms with Crippen molar-refractivity contribution in [2.75, 3.05) is 5.33 Å². The fraction of sp³-hybridized carbons (Fsp3) is 0.692. The van der Waals surface area contributed by atoms with Crippen molar-refractivity contribution in [3.63, 3.8) is 0 Å². The van der Waals surface area contributed by atoms with Gasteiger partial charge in [-0.1, -0.05) is 48.0 Å². The molecule has 0 spiro atoms. The molecule has 112 valence electrons. The quantitative estimate of drug-likeness (QED) is 0.282. The van der Waals surface area contributed by atoms with Crippen LogP contribution in [0, 0.1) is 10.1 Å². The van der Waals surface area contributed by atoms with Gasteiger partial charge in [0.25, 0.3) is 0 Å². The van der Waals surface area contributed by atoms with Crippen LogP contribution in [0.4, 0.5) is 5.69 Å². The van der Waals surface area contributed by atoms with Crippen LogP contribution in [0.15, 0.2) is 17.2 Å². The van der Waals surface area contributed by atoms with Gasteiger partial charge in [-0.2, -0.15) is 4.98 Å². The first-order valence-corrected chi connectivity index (χ1v) is 8.04. The number of alkyl halides is 1. The van der Waals surface area contributed by atoms with Crippen LogP contribution in [0.25, 0.3) is 0 Å². The number of rotatable bonds is 10. The molecule has 0 aliphatic rings. The van der Waals surface area contributed by atoms with Gasteiger partial charge in [0, 0.05) is 11.9 Å². The molecule has 7 heteroatoms. The summed E-state index contributed by atoms with van der Waals surface area (Å²) in [7, 11) is 0. The van der Waals surface area contributed by atoms with Gasteiger partial charge in [-0.25, -0.2) is 4.79 Å². The fourth-order valence-corrected chi connectivity index (χ4v) is 2.36. The zero-order valence-corrected chi connectivity index (χ0v) is 13.0. The monoisotopic (exact) mass is 345 g/mol. The van der Waals surface area contributed by atoms with Crippen molar-refractivity contribution < 1.29 is 4.92 Å². The normalized spacial score (nSPS) is 10.7. The van der Waals surface area contributed by atoms with Crippen LogP contribution in [0.3, 0.4) is 0 Å². The molecule has 0 fully saturated rings. The van der Waals surface area contributed by atoms with Gasteiger partial charge in [0.05, 0.1) is 11.1 Å². The van der Waals surface area contributed by atoms with Crippen molar-refractivity contribution in [2.45, 2.75) is 51.5 Å². The van der Waals surface area contributed by atoms with Crippen molar-refractivity contribution >= 4 is 21.6 Å². The van der Waals surface area contributed by atoms with E-state index >= 15 is 0 Å². The molecule has 0 bridgehead atoms. The van der Waals surface area contributed by atoms with E-state index in [1.54, 1.807) is 0 Å². The van der Waals surface area contributed by atoms with Gasteiger partial charge in [0.15, 0.2) is 0 Å². The standard InChI is InChI=1S/C13H20BrN3O3/c14-8-6-4-2-1-3-5-7-9-16-11-12(17(19)20)10-15-13(16)18/h10-11H,1-9H2. The summed E-state index contributed by atoms with van der Waals surface area (Å²) in [5, 5.41) is 11.7. The van der Waals surface area contributed by atoms with Crippen molar-refractivity contribution in [2.24, 2.45) is 0 Å². The number of hydrogen-bond acceptors (Lipinski definition) is 4. The average molecular weight is 346 g/mol. The Morgan fingerprint density at radius 2 is 1.75 bits per heavy atom. The molecule has 0 radical (unpaired) electrons. The molecule has 0 saturated heterocycles. The lowest BCUT2D eigenvalue weighted by atomic mass is 10.1. The lowest BCUT2D eigenvalue weighted by Gasteiger charge is -2.04. The molecule has 0 atom stereocenters. The topological polar surface area (TPSA) is 78.0 Å². The first-order chi connectivity index (χ1) is 9.65. The molecule has 0 aliphatic carbocycles. The summed E-state index contributed by atoms with van der Waals surface area (Å²) in [5.74, 6) is 0. The van der Waals surface area contributed by atoms with Crippen LogP contribution < -0.4 is 5.69 Å². The van der Waals surface area contributed by atoms with Crippen LogP contribution >= 0.6 is 15.9 Å². The summed E-state index contributed by atoms with van der Waals surface area (Å²) in [6.45, 7) is 0.495. The summed E-state index contributed by atoms with van der Waals surface area (Å²) in [5.41, 5.74) is -0.563. The van der Waals surface area contributed by atoms with E-state index in [0.717, 1.165) is 30.8 Å². The molecule has 0 amide bonds. The molecule has 1 heterocycles. The second-order valence-corrected chi connectivity index (χ2v) is 5.50. The van der Waals surface area contributed by atoms with Gasteiger partial charge in [-0.3, -0.25) is 14.7 Å². The lowest BCUT2D eigenvalue weighted by Crippen LogP contribution is -2.22. The van der Waals surface area contributed by atoms with E-state index in [1.807, 2.05) is 0 Å². The third-order valence-corrected chi connectivity index (χ3v) is 3.65. The summed E-state index contributed by atoms with van der Waals surface area (Å²) < 4.78 is 1.32. The van der Waals surface area contributed by atoms with Crippen molar-refractivity contribution in [1.82, 2.24) is 9.55 Å². The molecule has 0 unspecified atom stereocenters. The van der Waals surface area contributed by atoms with Crippen molar-refractivity contribution in [3.05, 3.63) is 33.0 Å². The molecule has 20 heavy (non-hydrogen) atoms. The molecule has 0 saturated carbocycles. The Hall–Kier alpha value is -1.24. The van der Waals surface area contributed by atoms with Gasteiger partial charge < -0.3 is 0 Å². The summed E-state index contributed by atoms with van der Waals surface area (Å²) >= 11 is 3.41. The van der Waals surface area contributed by atoms with Crippen LogP contribution in [0.2, 0.25) is 0 Å². The molecule has 0 N–H and O–H groups in total. The minimum atomic E-state index is -0.535. The largest absolute Gasteiger partial charge is 0.347 e. The molecule has 0 aromatic carbocycles. The number of nitrogens with zero attached hydrogens (tertiary/aromatic N) is 3. The van der Waals surface area contributed by atoms with Crippen LogP contribution in [-0.2, 0) is 6.54 Å². The number of unbranched alkanes of at least 4 members (excludes halogenated alkanes) is 6. The predicted molar refractivity (Wildman–Crippen MR) is 81.3 cm³/mol. The number of halogens is 1. The fourth-order valence-electron chi connectivity index (χ4n) is 1.96. The highest BCUT2D eigenvalue weighted by molar-refractivity contribution is 9.09. The van der Waals surface area contributed by atoms with E-state index in [-0.39, 0.29) is 5.69 Å². The Morgan fingerprint density at radius 1 is 1.15 bits per heavy atom. The highest BCUT2D eigenvalue weighted by Crippen LogP contribution is 2.09. The molecule has 6 nitrogen and oxygen atoms in total.